The van der Waals surface area contributed by atoms with Gasteiger partial charge in [-0.25, -0.2) is 14.6 Å². The van der Waals surface area contributed by atoms with E-state index in [9.17, 15) is 9.59 Å². The van der Waals surface area contributed by atoms with Crippen LogP contribution in [-0.2, 0) is 16.0 Å². The van der Waals surface area contributed by atoms with Crippen LogP contribution in [0.15, 0.2) is 29.6 Å². The molecule has 0 unspecified atom stereocenters. The molecule has 1 aromatic heterocycles. The fourth-order valence-electron chi connectivity index (χ4n) is 2.54. The number of esters is 1. The van der Waals surface area contributed by atoms with Crippen molar-refractivity contribution in [2.75, 3.05) is 38.8 Å². The average Bonchev–Trinajstić information content (AvgIpc) is 3.18. The van der Waals surface area contributed by atoms with E-state index < -0.39 is 5.97 Å². The molecular weight excluding hydrogens is 394 g/mol. The van der Waals surface area contributed by atoms with Gasteiger partial charge in [0.25, 0.3) is 0 Å². The van der Waals surface area contributed by atoms with Gasteiger partial charge in [0.15, 0.2) is 5.69 Å². The van der Waals surface area contributed by atoms with Crippen molar-refractivity contribution in [3.8, 4) is 5.75 Å². The molecule has 158 valence electrons. The van der Waals surface area contributed by atoms with Crippen molar-refractivity contribution < 1.29 is 23.8 Å². The SMILES string of the molecule is CCOC(=O)c1csc(CN(CCCOC)C(=O)Nc2ccccc2OCC)n1. The smallest absolute Gasteiger partial charge is 0.357 e. The quantitative estimate of drug-likeness (QED) is 0.439. The van der Waals surface area contributed by atoms with Crippen LogP contribution in [0.25, 0.3) is 0 Å². The monoisotopic (exact) mass is 421 g/mol. The summed E-state index contributed by atoms with van der Waals surface area (Å²) >= 11 is 1.32. The molecule has 0 aliphatic rings. The van der Waals surface area contributed by atoms with Crippen molar-refractivity contribution in [3.63, 3.8) is 0 Å². The molecule has 1 aromatic carbocycles. The molecular formula is C20H27N3O5S. The van der Waals surface area contributed by atoms with Crippen LogP contribution in [-0.4, -0.2) is 55.4 Å². The zero-order valence-electron chi connectivity index (χ0n) is 17.0. The van der Waals surface area contributed by atoms with Crippen LogP contribution in [0.3, 0.4) is 0 Å². The van der Waals surface area contributed by atoms with Gasteiger partial charge < -0.3 is 24.4 Å². The number of anilines is 1. The van der Waals surface area contributed by atoms with E-state index in [-0.39, 0.29) is 24.9 Å². The number of benzene rings is 1. The maximum atomic E-state index is 12.9. The number of nitrogens with one attached hydrogen (secondary N) is 1. The van der Waals surface area contributed by atoms with E-state index in [0.29, 0.717) is 42.6 Å². The summed E-state index contributed by atoms with van der Waals surface area (Å²) in [7, 11) is 1.62. The van der Waals surface area contributed by atoms with Crippen molar-refractivity contribution in [1.82, 2.24) is 9.88 Å². The fraction of sp³-hybridized carbons (Fsp3) is 0.450. The third-order valence-electron chi connectivity index (χ3n) is 3.85. The highest BCUT2D eigenvalue weighted by molar-refractivity contribution is 7.09. The minimum atomic E-state index is -0.462. The lowest BCUT2D eigenvalue weighted by molar-refractivity contribution is 0.0520. The molecule has 9 heteroatoms. The molecule has 8 nitrogen and oxygen atoms in total. The van der Waals surface area contributed by atoms with Gasteiger partial charge in [-0.15, -0.1) is 11.3 Å². The number of aromatic nitrogens is 1. The molecule has 0 radical (unpaired) electrons. The Morgan fingerprint density at radius 1 is 1.21 bits per heavy atom. The number of para-hydroxylation sites is 2. The van der Waals surface area contributed by atoms with Crippen molar-refractivity contribution in [2.24, 2.45) is 0 Å². The van der Waals surface area contributed by atoms with E-state index in [0.717, 1.165) is 0 Å². The number of rotatable bonds is 11. The minimum absolute atomic E-state index is 0.255. The van der Waals surface area contributed by atoms with Crippen LogP contribution in [0.1, 0.15) is 35.8 Å². The van der Waals surface area contributed by atoms with E-state index in [4.69, 9.17) is 14.2 Å². The van der Waals surface area contributed by atoms with Gasteiger partial charge in [0.2, 0.25) is 0 Å². The van der Waals surface area contributed by atoms with Gasteiger partial charge in [-0.3, -0.25) is 0 Å². The standard InChI is InChI=1S/C20H27N3O5S/c1-4-27-17-10-7-6-9-15(17)22-20(25)23(11-8-12-26-3)13-18-21-16(14-29-18)19(24)28-5-2/h6-7,9-10,14H,4-5,8,11-13H2,1-3H3,(H,22,25). The Labute approximate surface area is 174 Å². The summed E-state index contributed by atoms with van der Waals surface area (Å²) < 4.78 is 15.6. The van der Waals surface area contributed by atoms with Crippen molar-refractivity contribution in [1.29, 1.82) is 0 Å². The zero-order chi connectivity index (χ0) is 21.1. The molecule has 2 rings (SSSR count). The summed E-state index contributed by atoms with van der Waals surface area (Å²) in [5, 5.41) is 5.19. The topological polar surface area (TPSA) is 90.0 Å². The highest BCUT2D eigenvalue weighted by Gasteiger charge is 2.19. The maximum Gasteiger partial charge on any atom is 0.357 e. The number of methoxy groups -OCH3 is 1. The molecule has 0 aliphatic carbocycles. The van der Waals surface area contributed by atoms with E-state index in [2.05, 4.69) is 10.3 Å². The number of nitrogens with zero attached hydrogens (tertiary/aromatic N) is 2. The van der Waals surface area contributed by atoms with Gasteiger partial charge in [-0.05, 0) is 32.4 Å². The molecule has 0 fully saturated rings. The highest BCUT2D eigenvalue weighted by Crippen LogP contribution is 2.24. The normalized spacial score (nSPS) is 10.4. The van der Waals surface area contributed by atoms with Crippen molar-refractivity contribution in [3.05, 3.63) is 40.3 Å². The third kappa shape index (κ3) is 7.03. The van der Waals surface area contributed by atoms with Gasteiger partial charge in [-0.2, -0.15) is 0 Å². The van der Waals surface area contributed by atoms with Crippen LogP contribution in [0.4, 0.5) is 10.5 Å². The molecule has 2 amide bonds. The molecule has 0 aliphatic heterocycles. The summed E-state index contributed by atoms with van der Waals surface area (Å²) in [5.41, 5.74) is 0.855. The Balaban J connectivity index is 2.11. The van der Waals surface area contributed by atoms with Gasteiger partial charge in [0.05, 0.1) is 25.4 Å². The molecule has 0 bridgehead atoms. The predicted molar refractivity (Wildman–Crippen MR) is 112 cm³/mol. The van der Waals surface area contributed by atoms with Gasteiger partial charge in [0.1, 0.15) is 10.8 Å². The first-order valence-corrected chi connectivity index (χ1v) is 10.3. The summed E-state index contributed by atoms with van der Waals surface area (Å²) in [4.78, 5) is 30.7. The van der Waals surface area contributed by atoms with E-state index in [1.54, 1.807) is 36.4 Å². The number of hydrogen-bond donors (Lipinski definition) is 1. The van der Waals surface area contributed by atoms with Crippen LogP contribution in [0, 0.1) is 0 Å². The predicted octanol–water partition coefficient (Wildman–Crippen LogP) is 3.79. The molecule has 1 heterocycles. The second-order valence-electron chi connectivity index (χ2n) is 5.97. The zero-order valence-corrected chi connectivity index (χ0v) is 17.8. The summed E-state index contributed by atoms with van der Waals surface area (Å²) in [5.74, 6) is 0.148. The molecule has 29 heavy (non-hydrogen) atoms. The largest absolute Gasteiger partial charge is 0.492 e. The Morgan fingerprint density at radius 2 is 2.00 bits per heavy atom. The molecule has 1 N–H and O–H groups in total. The number of amides is 2. The molecule has 0 spiro atoms. The lowest BCUT2D eigenvalue weighted by Crippen LogP contribution is -2.35. The Bertz CT molecular complexity index is 796. The first-order valence-electron chi connectivity index (χ1n) is 9.47. The van der Waals surface area contributed by atoms with Crippen LogP contribution >= 0.6 is 11.3 Å². The Morgan fingerprint density at radius 3 is 2.72 bits per heavy atom. The first-order chi connectivity index (χ1) is 14.1. The number of thiazole rings is 1. The van der Waals surface area contributed by atoms with Gasteiger partial charge >= 0.3 is 12.0 Å². The number of hydrogen-bond acceptors (Lipinski definition) is 7. The maximum absolute atomic E-state index is 12.9. The molecule has 0 atom stereocenters. The van der Waals surface area contributed by atoms with E-state index in [1.807, 2.05) is 19.1 Å². The minimum Gasteiger partial charge on any atom is -0.492 e. The lowest BCUT2D eigenvalue weighted by atomic mass is 10.3. The fourth-order valence-corrected chi connectivity index (χ4v) is 3.32. The van der Waals surface area contributed by atoms with E-state index in [1.165, 1.54) is 11.3 Å². The van der Waals surface area contributed by atoms with Crippen LogP contribution < -0.4 is 10.1 Å². The summed E-state index contributed by atoms with van der Waals surface area (Å²) in [6.07, 6.45) is 0.674. The van der Waals surface area contributed by atoms with Crippen LogP contribution in [0.2, 0.25) is 0 Å². The number of ether oxygens (including phenoxy) is 3. The van der Waals surface area contributed by atoms with Gasteiger partial charge in [0, 0.05) is 25.6 Å². The number of urea groups is 1. The Hall–Kier alpha value is -2.65. The van der Waals surface area contributed by atoms with Crippen LogP contribution in [0.5, 0.6) is 5.75 Å². The first kappa shape index (κ1) is 22.6. The molecule has 0 saturated carbocycles. The average molecular weight is 422 g/mol. The summed E-state index contributed by atoms with van der Waals surface area (Å²) in [6.45, 7) is 5.70. The van der Waals surface area contributed by atoms with Crippen molar-refractivity contribution in [2.45, 2.75) is 26.8 Å². The second-order valence-corrected chi connectivity index (χ2v) is 6.92. The van der Waals surface area contributed by atoms with Crippen molar-refractivity contribution >= 4 is 29.0 Å². The molecule has 2 aromatic rings. The lowest BCUT2D eigenvalue weighted by Gasteiger charge is -2.23. The van der Waals surface area contributed by atoms with Gasteiger partial charge in [-0.1, -0.05) is 12.1 Å². The number of carbonyl (C=O) groups is 2. The van der Waals surface area contributed by atoms with E-state index >= 15 is 0 Å². The molecule has 0 saturated heterocycles. The highest BCUT2D eigenvalue weighted by atomic mass is 32.1. The number of carbonyl (C=O) groups excluding carboxylic acids is 2. The Kier molecular flexibility index (Phi) is 9.39. The summed E-state index contributed by atoms with van der Waals surface area (Å²) in [6, 6.07) is 7.00. The second kappa shape index (κ2) is 12.0. The third-order valence-corrected chi connectivity index (χ3v) is 4.69.